The highest BCUT2D eigenvalue weighted by atomic mass is 14.4. The zero-order valence-electron chi connectivity index (χ0n) is 23.2. The third-order valence-corrected chi connectivity index (χ3v) is 9.58. The summed E-state index contributed by atoms with van der Waals surface area (Å²) in [4.78, 5) is 0. The van der Waals surface area contributed by atoms with E-state index < -0.39 is 0 Å². The zero-order valence-corrected chi connectivity index (χ0v) is 23.2. The van der Waals surface area contributed by atoms with Crippen LogP contribution < -0.4 is 0 Å². The minimum atomic E-state index is 0.0224. The van der Waals surface area contributed by atoms with Crippen LogP contribution in [0.15, 0.2) is 133 Å². The van der Waals surface area contributed by atoms with Gasteiger partial charge in [-0.25, -0.2) is 0 Å². The van der Waals surface area contributed by atoms with Crippen molar-refractivity contribution in [1.29, 1.82) is 0 Å². The summed E-state index contributed by atoms with van der Waals surface area (Å²) in [7, 11) is 0. The summed E-state index contributed by atoms with van der Waals surface area (Å²) in [5, 5.41) is 5.31. The monoisotopic (exact) mass is 520 g/mol. The molecule has 0 unspecified atom stereocenters. The average molecular weight is 521 g/mol. The summed E-state index contributed by atoms with van der Waals surface area (Å²) in [5.74, 6) is 0. The van der Waals surface area contributed by atoms with E-state index in [4.69, 9.17) is 0 Å². The van der Waals surface area contributed by atoms with Crippen LogP contribution >= 0.6 is 0 Å². The first-order valence-corrected chi connectivity index (χ1v) is 14.5. The maximum Gasteiger partial charge on any atom is 0.0159 e. The summed E-state index contributed by atoms with van der Waals surface area (Å²) < 4.78 is 0. The van der Waals surface area contributed by atoms with Crippen LogP contribution in [0.25, 0.3) is 77.2 Å². The Kier molecular flexibility index (Phi) is 4.49. The zero-order chi connectivity index (χ0) is 27.3. The quantitative estimate of drug-likeness (QED) is 0.213. The van der Waals surface area contributed by atoms with E-state index in [2.05, 4.69) is 147 Å². The molecule has 2 aliphatic rings. The second kappa shape index (κ2) is 8.05. The van der Waals surface area contributed by atoms with Gasteiger partial charge in [-0.1, -0.05) is 123 Å². The summed E-state index contributed by atoms with van der Waals surface area (Å²) in [6.07, 6.45) is 0. The Hall–Kier alpha value is -4.94. The molecule has 41 heavy (non-hydrogen) atoms. The molecule has 2 aliphatic carbocycles. The lowest BCUT2D eigenvalue weighted by Gasteiger charge is -2.21. The van der Waals surface area contributed by atoms with Gasteiger partial charge in [-0.2, -0.15) is 0 Å². The summed E-state index contributed by atoms with van der Waals surface area (Å²) >= 11 is 0. The minimum absolute atomic E-state index is 0.0224. The van der Waals surface area contributed by atoms with Gasteiger partial charge >= 0.3 is 0 Å². The Balaban J connectivity index is 1.17. The molecular formula is C41H28. The van der Waals surface area contributed by atoms with Crippen molar-refractivity contribution in [2.75, 3.05) is 0 Å². The second-order valence-electron chi connectivity index (χ2n) is 12.1. The smallest absolute Gasteiger partial charge is 0.0159 e. The van der Waals surface area contributed by atoms with Crippen LogP contribution in [0, 0.1) is 0 Å². The van der Waals surface area contributed by atoms with Crippen molar-refractivity contribution in [3.63, 3.8) is 0 Å². The molecule has 0 N–H and O–H groups in total. The molecule has 0 heterocycles. The number of fused-ring (bicyclic) bond motifs is 8. The highest BCUT2D eigenvalue weighted by Crippen LogP contribution is 2.52. The molecule has 0 atom stereocenters. The SMILES string of the molecule is CC1(C)c2ccccc2-c2c1ccc1cc(-c3cccc(-c4cc5c6c(cccc6c4)-c4ccccc4-5)c3)ccc21. The highest BCUT2D eigenvalue weighted by molar-refractivity contribution is 6.16. The normalized spacial score (nSPS) is 13.8. The van der Waals surface area contributed by atoms with E-state index in [9.17, 15) is 0 Å². The number of hydrogen-bond acceptors (Lipinski definition) is 0. The van der Waals surface area contributed by atoms with E-state index in [0.29, 0.717) is 0 Å². The Morgan fingerprint density at radius 1 is 0.390 bits per heavy atom. The van der Waals surface area contributed by atoms with Gasteiger partial charge in [-0.15, -0.1) is 0 Å². The van der Waals surface area contributed by atoms with E-state index >= 15 is 0 Å². The fourth-order valence-electron chi connectivity index (χ4n) is 7.57. The van der Waals surface area contributed by atoms with Crippen LogP contribution in [0.2, 0.25) is 0 Å². The molecule has 7 aromatic rings. The van der Waals surface area contributed by atoms with Gasteiger partial charge in [-0.3, -0.25) is 0 Å². The standard InChI is InChI=1S/C41H28/c1-41(2)37-16-6-5-14-35(37)40-31-19-17-27(22-28(31)18-20-38(40)41)25-9-7-10-26(21-25)30-23-29-11-8-15-34-32-12-3-4-13-33(32)36(24-30)39(29)34/h3-24H,1-2H3. The summed E-state index contributed by atoms with van der Waals surface area (Å²) in [6, 6.07) is 49.9. The molecule has 0 bridgehead atoms. The van der Waals surface area contributed by atoms with Gasteiger partial charge in [0.1, 0.15) is 0 Å². The molecule has 0 heteroatoms. The van der Waals surface area contributed by atoms with Crippen LogP contribution in [0.3, 0.4) is 0 Å². The van der Waals surface area contributed by atoms with Crippen LogP contribution in [-0.4, -0.2) is 0 Å². The third-order valence-electron chi connectivity index (χ3n) is 9.58. The van der Waals surface area contributed by atoms with E-state index in [0.717, 1.165) is 0 Å². The van der Waals surface area contributed by atoms with Crippen molar-refractivity contribution in [3.8, 4) is 55.6 Å². The molecule has 0 amide bonds. The molecule has 0 saturated heterocycles. The van der Waals surface area contributed by atoms with Gasteiger partial charge in [0, 0.05) is 5.41 Å². The predicted octanol–water partition coefficient (Wildman–Crippen LogP) is 11.3. The van der Waals surface area contributed by atoms with Crippen molar-refractivity contribution >= 4 is 21.5 Å². The van der Waals surface area contributed by atoms with E-state index in [-0.39, 0.29) is 5.41 Å². The van der Waals surface area contributed by atoms with Gasteiger partial charge < -0.3 is 0 Å². The number of hydrogen-bond donors (Lipinski definition) is 0. The van der Waals surface area contributed by atoms with E-state index in [1.807, 2.05) is 0 Å². The van der Waals surface area contributed by atoms with E-state index in [1.54, 1.807) is 0 Å². The lowest BCUT2D eigenvalue weighted by molar-refractivity contribution is 0.661. The van der Waals surface area contributed by atoms with Crippen LogP contribution in [0.5, 0.6) is 0 Å². The molecule has 7 aromatic carbocycles. The summed E-state index contributed by atoms with van der Waals surface area (Å²) in [5.41, 5.74) is 16.0. The molecular weight excluding hydrogens is 492 g/mol. The van der Waals surface area contributed by atoms with Gasteiger partial charge in [0.25, 0.3) is 0 Å². The van der Waals surface area contributed by atoms with Gasteiger partial charge in [0.05, 0.1) is 0 Å². The molecule has 0 fully saturated rings. The lowest BCUT2D eigenvalue weighted by Crippen LogP contribution is -2.14. The first-order valence-electron chi connectivity index (χ1n) is 14.5. The number of benzene rings is 7. The largest absolute Gasteiger partial charge is 0.0619 e. The van der Waals surface area contributed by atoms with Crippen molar-refractivity contribution in [1.82, 2.24) is 0 Å². The second-order valence-corrected chi connectivity index (χ2v) is 12.1. The third kappa shape index (κ3) is 3.11. The predicted molar refractivity (Wildman–Crippen MR) is 174 cm³/mol. The molecule has 0 nitrogen and oxygen atoms in total. The van der Waals surface area contributed by atoms with Gasteiger partial charge in [0.15, 0.2) is 0 Å². The maximum atomic E-state index is 2.39. The fourth-order valence-corrected chi connectivity index (χ4v) is 7.57. The van der Waals surface area contributed by atoms with Crippen molar-refractivity contribution in [3.05, 3.63) is 145 Å². The Morgan fingerprint density at radius 2 is 1.05 bits per heavy atom. The molecule has 0 aromatic heterocycles. The topological polar surface area (TPSA) is 0 Å². The molecule has 192 valence electrons. The Morgan fingerprint density at radius 3 is 1.90 bits per heavy atom. The van der Waals surface area contributed by atoms with Crippen LogP contribution in [0.1, 0.15) is 25.0 Å². The first kappa shape index (κ1) is 22.8. The molecule has 0 radical (unpaired) electrons. The van der Waals surface area contributed by atoms with E-state index in [1.165, 1.54) is 88.3 Å². The van der Waals surface area contributed by atoms with Crippen molar-refractivity contribution in [2.24, 2.45) is 0 Å². The average Bonchev–Trinajstić information content (AvgIpc) is 3.47. The van der Waals surface area contributed by atoms with Crippen LogP contribution in [0.4, 0.5) is 0 Å². The Bertz CT molecular complexity index is 2230. The summed E-state index contributed by atoms with van der Waals surface area (Å²) in [6.45, 7) is 4.70. The Labute approximate surface area is 240 Å². The van der Waals surface area contributed by atoms with Crippen molar-refractivity contribution in [2.45, 2.75) is 19.3 Å². The van der Waals surface area contributed by atoms with Gasteiger partial charge in [0.2, 0.25) is 0 Å². The highest BCUT2D eigenvalue weighted by Gasteiger charge is 2.36. The lowest BCUT2D eigenvalue weighted by atomic mass is 9.82. The fraction of sp³-hybridized carbons (Fsp3) is 0.0732. The molecule has 0 saturated carbocycles. The first-order chi connectivity index (χ1) is 20.1. The van der Waals surface area contributed by atoms with Crippen LogP contribution in [-0.2, 0) is 5.41 Å². The van der Waals surface area contributed by atoms with Gasteiger partial charge in [-0.05, 0) is 113 Å². The maximum absolute atomic E-state index is 2.39. The molecule has 0 aliphatic heterocycles. The minimum Gasteiger partial charge on any atom is -0.0619 e. The van der Waals surface area contributed by atoms with Crippen molar-refractivity contribution < 1.29 is 0 Å². The molecule has 9 rings (SSSR count). The number of rotatable bonds is 2. The molecule has 0 spiro atoms.